The molecule has 6 heteroatoms. The number of carboxylic acid groups (broad SMARTS) is 1. The number of aromatic nitrogens is 2. The molecule has 0 fully saturated rings. The molecule has 170 valence electrons. The Balaban J connectivity index is 1.52. The summed E-state index contributed by atoms with van der Waals surface area (Å²) in [6.45, 7) is 7.94. The molecule has 2 aromatic carbocycles. The molecule has 0 radical (unpaired) electrons. The van der Waals surface area contributed by atoms with Crippen molar-refractivity contribution in [2.75, 3.05) is 0 Å². The molecule has 1 heterocycles. The number of benzene rings is 2. The number of nitrogens with one attached hydrogen (secondary N) is 1. The molecule has 0 saturated heterocycles. The summed E-state index contributed by atoms with van der Waals surface area (Å²) in [5, 5.41) is 9.16. The second-order valence-electron chi connectivity index (χ2n) is 9.02. The van der Waals surface area contributed by atoms with E-state index in [1.807, 2.05) is 18.3 Å². The fraction of sp³-hybridized carbons (Fsp3) is 0.385. The topological polar surface area (TPSA) is 84.3 Å². The van der Waals surface area contributed by atoms with E-state index in [0.717, 1.165) is 36.1 Å². The first-order chi connectivity index (χ1) is 15.1. The Morgan fingerprint density at radius 3 is 2.25 bits per heavy atom. The van der Waals surface area contributed by atoms with Gasteiger partial charge in [-0.3, -0.25) is 4.57 Å². The predicted molar refractivity (Wildman–Crippen MR) is 125 cm³/mol. The van der Waals surface area contributed by atoms with Crippen LogP contribution in [0.15, 0.2) is 59.5 Å². The van der Waals surface area contributed by atoms with Gasteiger partial charge in [-0.05, 0) is 67.9 Å². The zero-order valence-electron chi connectivity index (χ0n) is 19.2. The van der Waals surface area contributed by atoms with Crippen LogP contribution in [0.1, 0.15) is 62.4 Å². The van der Waals surface area contributed by atoms with Gasteiger partial charge in [-0.2, -0.15) is 0 Å². The minimum Gasteiger partial charge on any atom is -0.478 e. The molecular weight excluding hydrogens is 404 g/mol. The van der Waals surface area contributed by atoms with Gasteiger partial charge in [-0.15, -0.1) is 0 Å². The molecule has 0 aliphatic carbocycles. The molecule has 32 heavy (non-hydrogen) atoms. The number of aryl methyl sites for hydroxylation is 2. The van der Waals surface area contributed by atoms with Crippen LogP contribution in [-0.2, 0) is 24.2 Å². The van der Waals surface area contributed by atoms with Gasteiger partial charge in [-0.1, -0.05) is 50.2 Å². The maximum atomic E-state index is 12.3. The van der Waals surface area contributed by atoms with Gasteiger partial charge in [-0.25, -0.2) is 9.59 Å². The fourth-order valence-corrected chi connectivity index (χ4v) is 3.48. The lowest BCUT2D eigenvalue weighted by atomic mass is 10.0. The number of hydrogen-bond donors (Lipinski definition) is 2. The van der Waals surface area contributed by atoms with Crippen LogP contribution in [0.25, 0.3) is 0 Å². The number of imidazole rings is 1. The number of aliphatic carboxylic acids is 1. The maximum Gasteiger partial charge on any atom is 0.347 e. The minimum absolute atomic E-state index is 0.0875. The highest BCUT2D eigenvalue weighted by atomic mass is 16.5. The van der Waals surface area contributed by atoms with Gasteiger partial charge < -0.3 is 14.8 Å². The van der Waals surface area contributed by atoms with Crippen molar-refractivity contribution in [3.8, 4) is 5.75 Å². The van der Waals surface area contributed by atoms with Crippen molar-refractivity contribution in [2.45, 2.75) is 65.0 Å². The molecule has 3 rings (SSSR count). The van der Waals surface area contributed by atoms with Crippen molar-refractivity contribution < 1.29 is 14.6 Å². The normalized spacial score (nSPS) is 11.7. The molecule has 3 aromatic rings. The van der Waals surface area contributed by atoms with E-state index in [9.17, 15) is 9.59 Å². The van der Waals surface area contributed by atoms with E-state index in [1.54, 1.807) is 16.7 Å². The van der Waals surface area contributed by atoms with Crippen molar-refractivity contribution in [1.29, 1.82) is 0 Å². The number of ether oxygens (including phenoxy) is 1. The van der Waals surface area contributed by atoms with E-state index in [2.05, 4.69) is 43.1 Å². The Morgan fingerprint density at radius 1 is 1.03 bits per heavy atom. The van der Waals surface area contributed by atoms with Gasteiger partial charge in [0.15, 0.2) is 5.60 Å². The van der Waals surface area contributed by atoms with E-state index in [0.29, 0.717) is 18.2 Å². The van der Waals surface area contributed by atoms with Crippen LogP contribution in [-0.4, -0.2) is 26.2 Å². The third-order valence-electron chi connectivity index (χ3n) is 5.56. The number of hydrogen-bond acceptors (Lipinski definition) is 3. The largest absolute Gasteiger partial charge is 0.478 e. The molecule has 0 unspecified atom stereocenters. The van der Waals surface area contributed by atoms with Crippen LogP contribution in [0.3, 0.4) is 0 Å². The summed E-state index contributed by atoms with van der Waals surface area (Å²) in [6, 6.07) is 15.9. The molecule has 0 bridgehead atoms. The molecule has 0 aliphatic rings. The monoisotopic (exact) mass is 436 g/mol. The average molecular weight is 437 g/mol. The van der Waals surface area contributed by atoms with Crippen molar-refractivity contribution >= 4 is 5.97 Å². The van der Waals surface area contributed by atoms with E-state index in [4.69, 9.17) is 9.84 Å². The summed E-state index contributed by atoms with van der Waals surface area (Å²) in [4.78, 5) is 26.4. The van der Waals surface area contributed by atoms with Gasteiger partial charge in [0.25, 0.3) is 0 Å². The van der Waals surface area contributed by atoms with Crippen LogP contribution >= 0.6 is 0 Å². The van der Waals surface area contributed by atoms with Gasteiger partial charge in [0.05, 0.1) is 6.54 Å². The highest BCUT2D eigenvalue weighted by Gasteiger charge is 2.29. The van der Waals surface area contributed by atoms with Crippen LogP contribution < -0.4 is 10.4 Å². The van der Waals surface area contributed by atoms with Crippen LogP contribution in [0, 0.1) is 0 Å². The van der Waals surface area contributed by atoms with Crippen molar-refractivity contribution in [3.05, 3.63) is 87.6 Å². The maximum absolute atomic E-state index is 12.3. The van der Waals surface area contributed by atoms with E-state index in [1.165, 1.54) is 19.4 Å². The zero-order valence-corrected chi connectivity index (χ0v) is 19.2. The fourth-order valence-electron chi connectivity index (χ4n) is 3.48. The Hall–Kier alpha value is -3.28. The van der Waals surface area contributed by atoms with Crippen molar-refractivity contribution in [3.63, 3.8) is 0 Å². The number of rotatable bonds is 10. The molecule has 6 nitrogen and oxygen atoms in total. The number of carbonyl (C=O) groups is 1. The lowest BCUT2D eigenvalue weighted by Crippen LogP contribution is -2.37. The molecular formula is C26H32N2O4. The van der Waals surface area contributed by atoms with E-state index >= 15 is 0 Å². The molecule has 0 aliphatic heterocycles. The quantitative estimate of drug-likeness (QED) is 0.480. The summed E-state index contributed by atoms with van der Waals surface area (Å²) in [6.07, 6.45) is 4.43. The summed E-state index contributed by atoms with van der Waals surface area (Å²) in [7, 11) is 0. The van der Waals surface area contributed by atoms with Crippen molar-refractivity contribution in [2.24, 2.45) is 0 Å². The molecule has 2 N–H and O–H groups in total. The van der Waals surface area contributed by atoms with Crippen molar-refractivity contribution in [1.82, 2.24) is 9.55 Å². The highest BCUT2D eigenvalue weighted by Crippen LogP contribution is 2.20. The molecule has 0 atom stereocenters. The molecule has 1 aromatic heterocycles. The Labute approximate surface area is 188 Å². The third kappa shape index (κ3) is 6.13. The highest BCUT2D eigenvalue weighted by molar-refractivity contribution is 5.76. The molecule has 0 amide bonds. The summed E-state index contributed by atoms with van der Waals surface area (Å²) in [5.41, 5.74) is 3.11. The van der Waals surface area contributed by atoms with Crippen LogP contribution in [0.5, 0.6) is 5.75 Å². The molecule has 0 spiro atoms. The number of H-pyrrole nitrogens is 1. The third-order valence-corrected chi connectivity index (χ3v) is 5.56. The summed E-state index contributed by atoms with van der Waals surface area (Å²) >= 11 is 0. The van der Waals surface area contributed by atoms with Gasteiger partial charge in [0.2, 0.25) is 0 Å². The number of carboxylic acids is 1. The van der Waals surface area contributed by atoms with E-state index in [-0.39, 0.29) is 5.69 Å². The first-order valence-corrected chi connectivity index (χ1v) is 11.0. The second-order valence-corrected chi connectivity index (χ2v) is 9.02. The van der Waals surface area contributed by atoms with Gasteiger partial charge in [0.1, 0.15) is 5.75 Å². The Bertz CT molecular complexity index is 1090. The number of nitrogens with zero attached hydrogens (tertiary/aromatic N) is 1. The van der Waals surface area contributed by atoms with Crippen LogP contribution in [0.4, 0.5) is 0 Å². The van der Waals surface area contributed by atoms with Gasteiger partial charge in [0, 0.05) is 11.9 Å². The predicted octanol–water partition coefficient (Wildman–Crippen LogP) is 4.77. The second kappa shape index (κ2) is 9.90. The Kier molecular flexibility index (Phi) is 7.23. The smallest absolute Gasteiger partial charge is 0.347 e. The van der Waals surface area contributed by atoms with E-state index < -0.39 is 11.6 Å². The minimum atomic E-state index is -1.27. The zero-order chi connectivity index (χ0) is 23.3. The Morgan fingerprint density at radius 2 is 1.66 bits per heavy atom. The SMILES string of the molecule is CC(C)c1ccc(Cn2cc(CCCc3ccc(OC(C)(C)C(=O)O)cc3)[nH]c2=O)cc1. The first kappa shape index (κ1) is 23.4. The molecule has 0 saturated carbocycles. The first-order valence-electron chi connectivity index (χ1n) is 11.0. The standard InChI is InChI=1S/C26H32N2O4/c1-18(2)21-12-8-20(9-13-21)16-28-17-22(27-25(28)31)7-5-6-19-10-14-23(15-11-19)32-26(3,4)24(29)30/h8-15,17-18H,5-7,16H2,1-4H3,(H,27,31)(H,29,30). The average Bonchev–Trinajstić information content (AvgIpc) is 3.08. The van der Waals surface area contributed by atoms with Crippen LogP contribution in [0.2, 0.25) is 0 Å². The van der Waals surface area contributed by atoms with Gasteiger partial charge >= 0.3 is 11.7 Å². The number of aromatic amines is 1. The lowest BCUT2D eigenvalue weighted by molar-refractivity contribution is -0.152. The summed E-state index contributed by atoms with van der Waals surface area (Å²) in [5.74, 6) is 0.0185. The summed E-state index contributed by atoms with van der Waals surface area (Å²) < 4.78 is 7.25. The lowest BCUT2D eigenvalue weighted by Gasteiger charge is -2.21.